The van der Waals surface area contributed by atoms with Crippen LogP contribution in [0, 0.1) is 20.2 Å². The van der Waals surface area contributed by atoms with Crippen molar-refractivity contribution in [1.29, 1.82) is 0 Å². The number of nitrogens with zero attached hydrogens (tertiary/aromatic N) is 3. The van der Waals surface area contributed by atoms with Crippen molar-refractivity contribution in [3.8, 4) is 0 Å². The number of nitrogen functional groups attached to an aromatic ring is 1. The summed E-state index contributed by atoms with van der Waals surface area (Å²) in [6.07, 6.45) is 1.07. The summed E-state index contributed by atoms with van der Waals surface area (Å²) < 4.78 is 1.08. The van der Waals surface area contributed by atoms with E-state index in [-0.39, 0.29) is 23.6 Å². The van der Waals surface area contributed by atoms with Gasteiger partial charge < -0.3 is 10.3 Å². The molecule has 0 fully saturated rings. The quantitative estimate of drug-likeness (QED) is 0.512. The van der Waals surface area contributed by atoms with Gasteiger partial charge in [-0.1, -0.05) is 0 Å². The van der Waals surface area contributed by atoms with Gasteiger partial charge in [0.05, 0.1) is 22.6 Å². The molecule has 21 heavy (non-hydrogen) atoms. The van der Waals surface area contributed by atoms with Crippen LogP contribution in [0.4, 0.5) is 17.1 Å². The molecule has 0 aliphatic rings. The molecule has 2 aromatic rings. The highest BCUT2D eigenvalue weighted by molar-refractivity contribution is 5.52. The number of nitro benzene ring substituents is 1. The highest BCUT2D eigenvalue weighted by Crippen LogP contribution is 2.20. The summed E-state index contributed by atoms with van der Waals surface area (Å²) in [6, 6.07) is 5.99. The molecular weight excluding hydrogens is 280 g/mol. The molecule has 9 heteroatoms. The number of hydrogen-bond acceptors (Lipinski definition) is 6. The van der Waals surface area contributed by atoms with E-state index < -0.39 is 15.4 Å². The number of non-ortho nitro benzene ring substituents is 1. The number of aromatic nitrogens is 1. The Hall–Kier alpha value is -3.23. The van der Waals surface area contributed by atoms with Crippen molar-refractivity contribution in [1.82, 2.24) is 4.57 Å². The number of benzene rings is 1. The van der Waals surface area contributed by atoms with Crippen molar-refractivity contribution in [3.05, 3.63) is 72.7 Å². The lowest BCUT2D eigenvalue weighted by molar-refractivity contribution is -0.385. The first-order valence-corrected chi connectivity index (χ1v) is 5.76. The number of pyridine rings is 1. The smallest absolute Gasteiger partial charge is 0.285 e. The molecule has 0 unspecified atom stereocenters. The molecule has 0 saturated heterocycles. The molecule has 0 radical (unpaired) electrons. The van der Waals surface area contributed by atoms with E-state index in [2.05, 4.69) is 0 Å². The van der Waals surface area contributed by atoms with Crippen molar-refractivity contribution >= 4 is 17.1 Å². The van der Waals surface area contributed by atoms with Gasteiger partial charge in [-0.05, 0) is 6.07 Å². The molecule has 9 nitrogen and oxygen atoms in total. The molecular formula is C12H10N4O5. The monoisotopic (exact) mass is 290 g/mol. The molecule has 0 bridgehead atoms. The first kappa shape index (κ1) is 14.2. The summed E-state index contributed by atoms with van der Waals surface area (Å²) in [4.78, 5) is 31.9. The van der Waals surface area contributed by atoms with Crippen molar-refractivity contribution in [2.75, 3.05) is 5.73 Å². The Morgan fingerprint density at radius 2 is 1.67 bits per heavy atom. The van der Waals surface area contributed by atoms with Gasteiger partial charge in [-0.15, -0.1) is 0 Å². The van der Waals surface area contributed by atoms with E-state index in [0.717, 1.165) is 22.9 Å². The van der Waals surface area contributed by atoms with Crippen molar-refractivity contribution in [2.24, 2.45) is 0 Å². The molecule has 1 aromatic carbocycles. The van der Waals surface area contributed by atoms with Gasteiger partial charge in [0, 0.05) is 35.5 Å². The second-order valence-electron chi connectivity index (χ2n) is 4.25. The van der Waals surface area contributed by atoms with E-state index in [1.165, 1.54) is 18.2 Å². The molecule has 1 aromatic heterocycles. The molecule has 0 saturated carbocycles. The van der Waals surface area contributed by atoms with Gasteiger partial charge in [0.1, 0.15) is 0 Å². The van der Waals surface area contributed by atoms with E-state index >= 15 is 0 Å². The van der Waals surface area contributed by atoms with Gasteiger partial charge in [-0.2, -0.15) is 0 Å². The number of anilines is 1. The average molecular weight is 290 g/mol. The van der Waals surface area contributed by atoms with Crippen LogP contribution in [-0.4, -0.2) is 14.4 Å². The third-order valence-electron chi connectivity index (χ3n) is 2.86. The minimum absolute atomic E-state index is 0.0893. The van der Waals surface area contributed by atoms with Crippen LogP contribution in [-0.2, 0) is 6.54 Å². The van der Waals surface area contributed by atoms with Crippen LogP contribution in [0.1, 0.15) is 5.56 Å². The highest BCUT2D eigenvalue weighted by atomic mass is 16.6. The topological polar surface area (TPSA) is 134 Å². The standard InChI is InChI=1S/C12H10N4O5/c13-11-3-1-9(15(18)19)5-8(11)6-14-7-10(16(20)21)2-4-12(14)17/h1-5,7H,6,13H2. The van der Waals surface area contributed by atoms with Crippen LogP contribution in [0.15, 0.2) is 41.3 Å². The second kappa shape index (κ2) is 5.41. The number of nitrogens with two attached hydrogens (primary N) is 1. The summed E-state index contributed by atoms with van der Waals surface area (Å²) in [5, 5.41) is 21.4. The van der Waals surface area contributed by atoms with Gasteiger partial charge in [0.2, 0.25) is 0 Å². The zero-order chi connectivity index (χ0) is 15.6. The van der Waals surface area contributed by atoms with Gasteiger partial charge in [-0.3, -0.25) is 25.0 Å². The van der Waals surface area contributed by atoms with E-state index in [1.807, 2.05) is 0 Å². The fourth-order valence-electron chi connectivity index (χ4n) is 1.78. The SMILES string of the molecule is Nc1ccc([N+](=O)[O-])cc1Cn1cc([N+](=O)[O-])ccc1=O. The minimum Gasteiger partial charge on any atom is -0.398 e. The normalized spacial score (nSPS) is 10.3. The van der Waals surface area contributed by atoms with Gasteiger partial charge in [0.25, 0.3) is 16.9 Å². The number of nitro groups is 2. The van der Waals surface area contributed by atoms with Crippen LogP contribution in [0.25, 0.3) is 0 Å². The predicted octanol–water partition coefficient (Wildman–Crippen LogP) is 1.30. The Bertz CT molecular complexity index is 783. The lowest BCUT2D eigenvalue weighted by Crippen LogP contribution is -2.20. The molecule has 0 atom stereocenters. The fourth-order valence-corrected chi connectivity index (χ4v) is 1.78. The molecule has 2 N–H and O–H groups in total. The Balaban J connectivity index is 2.44. The van der Waals surface area contributed by atoms with Gasteiger partial charge in [0.15, 0.2) is 0 Å². The Kier molecular flexibility index (Phi) is 3.65. The first-order chi connectivity index (χ1) is 9.88. The van der Waals surface area contributed by atoms with Crippen molar-refractivity contribution < 1.29 is 9.85 Å². The predicted molar refractivity (Wildman–Crippen MR) is 74.0 cm³/mol. The van der Waals surface area contributed by atoms with E-state index in [9.17, 15) is 25.0 Å². The number of hydrogen-bond donors (Lipinski definition) is 1. The molecule has 0 aliphatic heterocycles. The maximum atomic E-state index is 11.7. The third kappa shape index (κ3) is 3.03. The zero-order valence-electron chi connectivity index (χ0n) is 10.6. The molecule has 1 heterocycles. The Labute approximate surface area is 117 Å². The molecule has 2 rings (SSSR count). The fraction of sp³-hybridized carbons (Fsp3) is 0.0833. The summed E-state index contributed by atoms with van der Waals surface area (Å²) in [5.74, 6) is 0. The Morgan fingerprint density at radius 3 is 2.29 bits per heavy atom. The maximum absolute atomic E-state index is 11.7. The summed E-state index contributed by atoms with van der Waals surface area (Å²) in [7, 11) is 0. The minimum atomic E-state index is -0.632. The van der Waals surface area contributed by atoms with Crippen LogP contribution >= 0.6 is 0 Å². The van der Waals surface area contributed by atoms with Gasteiger partial charge >= 0.3 is 0 Å². The van der Waals surface area contributed by atoms with Crippen LogP contribution in [0.2, 0.25) is 0 Å². The summed E-state index contributed by atoms with van der Waals surface area (Å²) in [5.41, 5.74) is 5.43. The van der Waals surface area contributed by atoms with Crippen molar-refractivity contribution in [3.63, 3.8) is 0 Å². The summed E-state index contributed by atoms with van der Waals surface area (Å²) in [6.45, 7) is -0.0893. The number of rotatable bonds is 4. The largest absolute Gasteiger partial charge is 0.398 e. The van der Waals surface area contributed by atoms with E-state index in [1.54, 1.807) is 0 Å². The molecule has 0 aliphatic carbocycles. The first-order valence-electron chi connectivity index (χ1n) is 5.76. The van der Waals surface area contributed by atoms with E-state index in [0.29, 0.717) is 5.56 Å². The molecule has 0 amide bonds. The maximum Gasteiger partial charge on any atom is 0.285 e. The van der Waals surface area contributed by atoms with Crippen molar-refractivity contribution in [2.45, 2.75) is 6.54 Å². The average Bonchev–Trinajstić information content (AvgIpc) is 2.43. The molecule has 0 spiro atoms. The van der Waals surface area contributed by atoms with Gasteiger partial charge in [-0.25, -0.2) is 0 Å². The lowest BCUT2D eigenvalue weighted by Gasteiger charge is -2.08. The summed E-state index contributed by atoms with van der Waals surface area (Å²) >= 11 is 0. The Morgan fingerprint density at radius 1 is 1.05 bits per heavy atom. The zero-order valence-corrected chi connectivity index (χ0v) is 10.6. The van der Waals surface area contributed by atoms with Crippen LogP contribution < -0.4 is 11.3 Å². The lowest BCUT2D eigenvalue weighted by atomic mass is 10.1. The highest BCUT2D eigenvalue weighted by Gasteiger charge is 2.12. The molecule has 108 valence electrons. The second-order valence-corrected chi connectivity index (χ2v) is 4.25. The van der Waals surface area contributed by atoms with Crippen LogP contribution in [0.5, 0.6) is 0 Å². The van der Waals surface area contributed by atoms with Crippen LogP contribution in [0.3, 0.4) is 0 Å². The van der Waals surface area contributed by atoms with E-state index in [4.69, 9.17) is 5.73 Å². The third-order valence-corrected chi connectivity index (χ3v) is 2.86.